The molecule has 0 aliphatic rings. The van der Waals surface area contributed by atoms with Gasteiger partial charge in [-0.1, -0.05) is 13.3 Å². The van der Waals surface area contributed by atoms with Gasteiger partial charge >= 0.3 is 0 Å². The van der Waals surface area contributed by atoms with Crippen molar-refractivity contribution in [3.63, 3.8) is 0 Å². The maximum atomic E-state index is 5.63. The van der Waals surface area contributed by atoms with E-state index in [0.29, 0.717) is 6.54 Å². The number of halogens is 1. The number of imidazole rings is 1. The summed E-state index contributed by atoms with van der Waals surface area (Å²) in [6, 6.07) is 3.96. The van der Waals surface area contributed by atoms with Gasteiger partial charge < -0.3 is 10.6 Å². The number of hydrogen-bond donors (Lipinski definition) is 1. The Bertz CT molecular complexity index is 536. The maximum absolute atomic E-state index is 5.63. The average molecular weight is 312 g/mol. The van der Waals surface area contributed by atoms with Crippen LogP contribution in [0.5, 0.6) is 0 Å². The van der Waals surface area contributed by atoms with Gasteiger partial charge in [-0.25, -0.2) is 9.50 Å². The zero-order chi connectivity index (χ0) is 13.1. The molecule has 2 aromatic rings. The number of unbranched alkanes of at least 4 members (excludes halogenated alkanes) is 1. The molecule has 0 amide bonds. The highest BCUT2D eigenvalue weighted by atomic mass is 79.9. The molecule has 0 aromatic carbocycles. The summed E-state index contributed by atoms with van der Waals surface area (Å²) in [5.74, 6) is 0.942. The van der Waals surface area contributed by atoms with Gasteiger partial charge in [0.15, 0.2) is 5.65 Å². The van der Waals surface area contributed by atoms with Gasteiger partial charge in [-0.05, 0) is 34.5 Å². The van der Waals surface area contributed by atoms with Crippen LogP contribution in [0.25, 0.3) is 5.65 Å². The Morgan fingerprint density at radius 3 is 2.89 bits per heavy atom. The van der Waals surface area contributed by atoms with Crippen LogP contribution >= 0.6 is 15.9 Å². The number of hydrogen-bond acceptors (Lipinski definition) is 4. The maximum Gasteiger partial charge on any atom is 0.155 e. The molecule has 2 aromatic heterocycles. The predicted molar refractivity (Wildman–Crippen MR) is 76.8 cm³/mol. The topological polar surface area (TPSA) is 59.5 Å². The molecule has 2 heterocycles. The van der Waals surface area contributed by atoms with Gasteiger partial charge in [-0.3, -0.25) is 0 Å². The van der Waals surface area contributed by atoms with Crippen LogP contribution in [0.4, 0.5) is 5.82 Å². The number of aromatic nitrogens is 3. The van der Waals surface area contributed by atoms with E-state index in [1.54, 1.807) is 4.52 Å². The molecule has 2 rings (SSSR count). The Morgan fingerprint density at radius 2 is 2.22 bits per heavy atom. The fourth-order valence-electron chi connectivity index (χ4n) is 1.79. The Kier molecular flexibility index (Phi) is 4.19. The fourth-order valence-corrected chi connectivity index (χ4v) is 2.30. The van der Waals surface area contributed by atoms with Gasteiger partial charge in [-0.15, -0.1) is 5.10 Å². The first-order valence-electron chi connectivity index (χ1n) is 6.12. The lowest BCUT2D eigenvalue weighted by Crippen LogP contribution is -2.20. The van der Waals surface area contributed by atoms with E-state index < -0.39 is 0 Å². The van der Waals surface area contributed by atoms with Gasteiger partial charge in [0, 0.05) is 20.1 Å². The number of nitrogens with two attached hydrogens (primary N) is 1. The minimum Gasteiger partial charge on any atom is -0.358 e. The summed E-state index contributed by atoms with van der Waals surface area (Å²) in [6.07, 6.45) is 2.34. The van der Waals surface area contributed by atoms with Crippen molar-refractivity contribution in [2.24, 2.45) is 5.73 Å². The van der Waals surface area contributed by atoms with E-state index in [1.165, 1.54) is 6.42 Å². The normalized spacial score (nSPS) is 11.1. The Labute approximate surface area is 115 Å². The van der Waals surface area contributed by atoms with Crippen molar-refractivity contribution in [1.82, 2.24) is 14.6 Å². The molecule has 0 aliphatic carbocycles. The zero-order valence-corrected chi connectivity index (χ0v) is 12.3. The van der Waals surface area contributed by atoms with Gasteiger partial charge in [0.05, 0.1) is 5.69 Å². The van der Waals surface area contributed by atoms with Crippen molar-refractivity contribution in [2.45, 2.75) is 26.3 Å². The minimum atomic E-state index is 0.408. The first kappa shape index (κ1) is 13.3. The van der Waals surface area contributed by atoms with Crippen LogP contribution in [0.15, 0.2) is 16.7 Å². The van der Waals surface area contributed by atoms with Crippen LogP contribution in [0.3, 0.4) is 0 Å². The van der Waals surface area contributed by atoms with Gasteiger partial charge in [-0.2, -0.15) is 0 Å². The van der Waals surface area contributed by atoms with Gasteiger partial charge in [0.25, 0.3) is 0 Å². The lowest BCUT2D eigenvalue weighted by Gasteiger charge is -2.17. The molecule has 0 radical (unpaired) electrons. The van der Waals surface area contributed by atoms with E-state index in [0.717, 1.165) is 34.7 Å². The van der Waals surface area contributed by atoms with Crippen molar-refractivity contribution in [3.05, 3.63) is 22.4 Å². The molecular weight excluding hydrogens is 294 g/mol. The minimum absolute atomic E-state index is 0.408. The third-order valence-corrected chi connectivity index (χ3v) is 3.70. The summed E-state index contributed by atoms with van der Waals surface area (Å²) in [5, 5.41) is 4.57. The van der Waals surface area contributed by atoms with Gasteiger partial charge in [0.1, 0.15) is 10.4 Å². The smallest absolute Gasteiger partial charge is 0.155 e. The first-order valence-corrected chi connectivity index (χ1v) is 6.92. The highest BCUT2D eigenvalue weighted by Gasteiger charge is 2.11. The Morgan fingerprint density at radius 1 is 1.44 bits per heavy atom. The number of rotatable bonds is 5. The molecule has 0 fully saturated rings. The van der Waals surface area contributed by atoms with Crippen molar-refractivity contribution in [1.29, 1.82) is 0 Å². The standard InChI is InChI=1S/C12H18BrN5/c1-3-4-7-17(2)11-6-5-10-15-9(8-14)12(13)18(10)16-11/h5-6H,3-4,7-8,14H2,1-2H3. The van der Waals surface area contributed by atoms with Crippen molar-refractivity contribution in [2.75, 3.05) is 18.5 Å². The van der Waals surface area contributed by atoms with Gasteiger partial charge in [0.2, 0.25) is 0 Å². The average Bonchev–Trinajstić information content (AvgIpc) is 2.72. The number of anilines is 1. The van der Waals surface area contributed by atoms with Crippen LogP contribution in [-0.2, 0) is 6.54 Å². The molecule has 2 N–H and O–H groups in total. The zero-order valence-electron chi connectivity index (χ0n) is 10.7. The Balaban J connectivity index is 2.34. The first-order chi connectivity index (χ1) is 8.67. The van der Waals surface area contributed by atoms with Crippen molar-refractivity contribution < 1.29 is 0 Å². The molecule has 0 saturated heterocycles. The molecule has 6 heteroatoms. The summed E-state index contributed by atoms with van der Waals surface area (Å²) >= 11 is 3.49. The second-order valence-electron chi connectivity index (χ2n) is 4.29. The van der Waals surface area contributed by atoms with Crippen LogP contribution < -0.4 is 10.6 Å². The summed E-state index contributed by atoms with van der Waals surface area (Å²) in [5.41, 5.74) is 7.28. The van der Waals surface area contributed by atoms with Crippen LogP contribution in [0.2, 0.25) is 0 Å². The van der Waals surface area contributed by atoms with E-state index in [4.69, 9.17) is 5.73 Å². The largest absolute Gasteiger partial charge is 0.358 e. The molecular formula is C12H18BrN5. The van der Waals surface area contributed by atoms with Crippen LogP contribution in [-0.4, -0.2) is 28.2 Å². The second-order valence-corrected chi connectivity index (χ2v) is 5.04. The monoisotopic (exact) mass is 311 g/mol. The van der Waals surface area contributed by atoms with Crippen molar-refractivity contribution in [3.8, 4) is 0 Å². The quantitative estimate of drug-likeness (QED) is 0.919. The molecule has 0 unspecified atom stereocenters. The summed E-state index contributed by atoms with van der Waals surface area (Å²) in [4.78, 5) is 6.55. The number of nitrogens with zero attached hydrogens (tertiary/aromatic N) is 4. The van der Waals surface area contributed by atoms with E-state index in [2.05, 4.69) is 44.9 Å². The second kappa shape index (κ2) is 5.67. The van der Waals surface area contributed by atoms with Crippen LogP contribution in [0.1, 0.15) is 25.5 Å². The lowest BCUT2D eigenvalue weighted by atomic mass is 10.3. The predicted octanol–water partition coefficient (Wildman–Crippen LogP) is 2.19. The van der Waals surface area contributed by atoms with E-state index in [1.807, 2.05) is 12.1 Å². The summed E-state index contributed by atoms with van der Waals surface area (Å²) in [6.45, 7) is 3.60. The highest BCUT2D eigenvalue weighted by Crippen LogP contribution is 2.19. The third kappa shape index (κ3) is 2.49. The molecule has 98 valence electrons. The molecule has 18 heavy (non-hydrogen) atoms. The van der Waals surface area contributed by atoms with E-state index in [-0.39, 0.29) is 0 Å². The highest BCUT2D eigenvalue weighted by molar-refractivity contribution is 9.10. The fraction of sp³-hybridized carbons (Fsp3) is 0.500. The van der Waals surface area contributed by atoms with Crippen molar-refractivity contribution >= 4 is 27.4 Å². The van der Waals surface area contributed by atoms with E-state index in [9.17, 15) is 0 Å². The molecule has 0 spiro atoms. The number of fused-ring (bicyclic) bond motifs is 1. The molecule has 0 atom stereocenters. The van der Waals surface area contributed by atoms with Crippen LogP contribution in [0, 0.1) is 0 Å². The Hall–Kier alpha value is -1.14. The summed E-state index contributed by atoms with van der Waals surface area (Å²) in [7, 11) is 2.05. The van der Waals surface area contributed by atoms with E-state index >= 15 is 0 Å². The SMILES string of the molecule is CCCCN(C)c1ccc2nc(CN)c(Br)n2n1. The molecule has 0 bridgehead atoms. The summed E-state index contributed by atoms with van der Waals surface area (Å²) < 4.78 is 2.63. The molecule has 0 aliphatic heterocycles. The third-order valence-electron chi connectivity index (χ3n) is 2.91. The molecule has 5 nitrogen and oxygen atoms in total. The molecule has 0 saturated carbocycles. The lowest BCUT2D eigenvalue weighted by molar-refractivity contribution is 0.746.